The van der Waals surface area contributed by atoms with Gasteiger partial charge in [-0.25, -0.2) is 9.18 Å². The van der Waals surface area contributed by atoms with Crippen molar-refractivity contribution >= 4 is 34.5 Å². The molecule has 1 aromatic carbocycles. The van der Waals surface area contributed by atoms with E-state index in [0.717, 1.165) is 12.1 Å². The molecule has 0 aliphatic heterocycles. The number of halogens is 2. The van der Waals surface area contributed by atoms with Crippen LogP contribution in [0, 0.1) is 5.82 Å². The minimum absolute atomic E-state index is 0.372. The standard InChI is InChI=1S/C7H4BrFO2S/c8-4-2-5(9)3(7(10)11)1-6(4)12/h1-2,12H,(H,10,11). The molecule has 0 bridgehead atoms. The Bertz CT molecular complexity index is 340. The Morgan fingerprint density at radius 1 is 1.58 bits per heavy atom. The van der Waals surface area contributed by atoms with E-state index in [4.69, 9.17) is 5.11 Å². The topological polar surface area (TPSA) is 37.3 Å². The first-order chi connectivity index (χ1) is 5.52. The van der Waals surface area contributed by atoms with E-state index >= 15 is 0 Å². The summed E-state index contributed by atoms with van der Waals surface area (Å²) in [6, 6.07) is 2.23. The molecule has 0 radical (unpaired) electrons. The summed E-state index contributed by atoms with van der Waals surface area (Å²) in [6.07, 6.45) is 0. The van der Waals surface area contributed by atoms with Crippen molar-refractivity contribution in [2.45, 2.75) is 4.90 Å². The van der Waals surface area contributed by atoms with Crippen molar-refractivity contribution in [3.8, 4) is 0 Å². The van der Waals surface area contributed by atoms with E-state index < -0.39 is 11.8 Å². The molecule has 64 valence electrons. The van der Waals surface area contributed by atoms with Crippen molar-refractivity contribution in [1.29, 1.82) is 0 Å². The summed E-state index contributed by atoms with van der Waals surface area (Å²) in [5.41, 5.74) is -0.372. The Kier molecular flexibility index (Phi) is 2.74. The van der Waals surface area contributed by atoms with Gasteiger partial charge in [-0.3, -0.25) is 0 Å². The summed E-state index contributed by atoms with van der Waals surface area (Å²) in [5, 5.41) is 8.49. The van der Waals surface area contributed by atoms with Crippen molar-refractivity contribution in [3.63, 3.8) is 0 Å². The third-order valence-corrected chi connectivity index (χ3v) is 2.60. The maximum atomic E-state index is 12.8. The molecule has 0 saturated carbocycles. The molecule has 0 saturated heterocycles. The van der Waals surface area contributed by atoms with Crippen LogP contribution in [0.2, 0.25) is 0 Å². The lowest BCUT2D eigenvalue weighted by atomic mass is 10.2. The fourth-order valence-electron chi connectivity index (χ4n) is 0.701. The Morgan fingerprint density at radius 2 is 2.17 bits per heavy atom. The van der Waals surface area contributed by atoms with Crippen LogP contribution >= 0.6 is 28.6 Å². The third-order valence-electron chi connectivity index (χ3n) is 1.27. The highest BCUT2D eigenvalue weighted by Crippen LogP contribution is 2.24. The second kappa shape index (κ2) is 3.45. The molecule has 0 unspecified atom stereocenters. The lowest BCUT2D eigenvalue weighted by Crippen LogP contribution is -2.00. The van der Waals surface area contributed by atoms with Crippen LogP contribution in [0.1, 0.15) is 10.4 Å². The number of carboxylic acid groups (broad SMARTS) is 1. The van der Waals surface area contributed by atoms with Crippen LogP contribution in [0.3, 0.4) is 0 Å². The molecule has 5 heteroatoms. The number of hydrogen-bond donors (Lipinski definition) is 2. The van der Waals surface area contributed by atoms with Gasteiger partial charge in [0, 0.05) is 9.37 Å². The van der Waals surface area contributed by atoms with Crippen molar-refractivity contribution < 1.29 is 14.3 Å². The second-order valence-electron chi connectivity index (χ2n) is 2.09. The molecule has 1 N–H and O–H groups in total. The lowest BCUT2D eigenvalue weighted by Gasteiger charge is -2.00. The van der Waals surface area contributed by atoms with E-state index in [-0.39, 0.29) is 5.56 Å². The van der Waals surface area contributed by atoms with Gasteiger partial charge in [0.05, 0.1) is 5.56 Å². The Morgan fingerprint density at radius 3 is 2.67 bits per heavy atom. The van der Waals surface area contributed by atoms with E-state index in [1.54, 1.807) is 0 Å². The monoisotopic (exact) mass is 250 g/mol. The number of aromatic carboxylic acids is 1. The highest BCUT2D eigenvalue weighted by Gasteiger charge is 2.11. The molecule has 0 fully saturated rings. The van der Waals surface area contributed by atoms with E-state index in [9.17, 15) is 9.18 Å². The predicted molar refractivity (Wildman–Crippen MR) is 48.3 cm³/mol. The first kappa shape index (κ1) is 9.54. The summed E-state index contributed by atoms with van der Waals surface area (Å²) in [5.74, 6) is -2.07. The SMILES string of the molecule is O=C(O)c1cc(S)c(Br)cc1F. The zero-order valence-electron chi connectivity index (χ0n) is 5.71. The van der Waals surface area contributed by atoms with E-state index in [1.807, 2.05) is 0 Å². The summed E-state index contributed by atoms with van der Waals surface area (Å²) < 4.78 is 13.3. The second-order valence-corrected chi connectivity index (χ2v) is 3.42. The fourth-order valence-corrected chi connectivity index (χ4v) is 1.21. The molecule has 0 aliphatic carbocycles. The Balaban J connectivity index is 3.33. The van der Waals surface area contributed by atoms with E-state index in [2.05, 4.69) is 28.6 Å². The molecular formula is C7H4BrFO2S. The largest absolute Gasteiger partial charge is 0.478 e. The number of benzene rings is 1. The van der Waals surface area contributed by atoms with E-state index in [1.165, 1.54) is 0 Å². The molecule has 12 heavy (non-hydrogen) atoms. The van der Waals surface area contributed by atoms with Gasteiger partial charge in [-0.1, -0.05) is 0 Å². The quantitative estimate of drug-likeness (QED) is 0.752. The Hall–Kier alpha value is -0.550. The van der Waals surface area contributed by atoms with Gasteiger partial charge in [0.1, 0.15) is 5.82 Å². The average Bonchev–Trinajstić information content (AvgIpc) is 1.96. The maximum absolute atomic E-state index is 12.8. The fraction of sp³-hybridized carbons (Fsp3) is 0. The van der Waals surface area contributed by atoms with Crippen LogP contribution in [0.25, 0.3) is 0 Å². The number of carboxylic acids is 1. The molecule has 0 aromatic heterocycles. The molecule has 1 rings (SSSR count). The smallest absolute Gasteiger partial charge is 0.338 e. The van der Waals surface area contributed by atoms with Crippen molar-refractivity contribution in [1.82, 2.24) is 0 Å². The Labute approximate surface area is 81.9 Å². The summed E-state index contributed by atoms with van der Waals surface area (Å²) in [6.45, 7) is 0. The summed E-state index contributed by atoms with van der Waals surface area (Å²) >= 11 is 6.95. The van der Waals surface area contributed by atoms with Crippen LogP contribution in [-0.2, 0) is 0 Å². The third kappa shape index (κ3) is 1.78. The average molecular weight is 251 g/mol. The first-order valence-electron chi connectivity index (χ1n) is 2.93. The molecule has 0 spiro atoms. The molecule has 0 atom stereocenters. The van der Waals surface area contributed by atoms with Gasteiger partial charge in [0.2, 0.25) is 0 Å². The van der Waals surface area contributed by atoms with Crippen molar-refractivity contribution in [3.05, 3.63) is 28.0 Å². The zero-order valence-corrected chi connectivity index (χ0v) is 8.19. The number of hydrogen-bond acceptors (Lipinski definition) is 2. The summed E-state index contributed by atoms with van der Waals surface area (Å²) in [4.78, 5) is 10.8. The van der Waals surface area contributed by atoms with Crippen LogP contribution in [-0.4, -0.2) is 11.1 Å². The molecule has 1 aromatic rings. The first-order valence-corrected chi connectivity index (χ1v) is 4.17. The van der Waals surface area contributed by atoms with Gasteiger partial charge in [-0.15, -0.1) is 12.6 Å². The van der Waals surface area contributed by atoms with Crippen LogP contribution in [0.5, 0.6) is 0 Å². The van der Waals surface area contributed by atoms with Crippen molar-refractivity contribution in [2.75, 3.05) is 0 Å². The molecular weight excluding hydrogens is 247 g/mol. The van der Waals surface area contributed by atoms with Gasteiger partial charge in [-0.05, 0) is 28.1 Å². The minimum Gasteiger partial charge on any atom is -0.478 e. The zero-order chi connectivity index (χ0) is 9.30. The van der Waals surface area contributed by atoms with E-state index in [0.29, 0.717) is 9.37 Å². The number of thiol groups is 1. The molecule has 0 aliphatic rings. The summed E-state index contributed by atoms with van der Waals surface area (Å²) in [7, 11) is 0. The van der Waals surface area contributed by atoms with Gasteiger partial charge in [0.25, 0.3) is 0 Å². The van der Waals surface area contributed by atoms with Crippen LogP contribution in [0.4, 0.5) is 4.39 Å². The van der Waals surface area contributed by atoms with Crippen LogP contribution in [0.15, 0.2) is 21.5 Å². The predicted octanol–water partition coefficient (Wildman–Crippen LogP) is 2.58. The number of carbonyl (C=O) groups is 1. The highest BCUT2D eigenvalue weighted by molar-refractivity contribution is 9.10. The normalized spacial score (nSPS) is 9.92. The van der Waals surface area contributed by atoms with Gasteiger partial charge in [-0.2, -0.15) is 0 Å². The lowest BCUT2D eigenvalue weighted by molar-refractivity contribution is 0.0691. The van der Waals surface area contributed by atoms with Gasteiger partial charge >= 0.3 is 5.97 Å². The number of rotatable bonds is 1. The van der Waals surface area contributed by atoms with Crippen LogP contribution < -0.4 is 0 Å². The van der Waals surface area contributed by atoms with Crippen molar-refractivity contribution in [2.24, 2.45) is 0 Å². The minimum atomic E-state index is -1.30. The maximum Gasteiger partial charge on any atom is 0.338 e. The molecule has 0 heterocycles. The van der Waals surface area contributed by atoms with Gasteiger partial charge < -0.3 is 5.11 Å². The molecule has 2 nitrogen and oxygen atoms in total. The molecule has 0 amide bonds. The highest BCUT2D eigenvalue weighted by atomic mass is 79.9. The van der Waals surface area contributed by atoms with Gasteiger partial charge in [0.15, 0.2) is 0 Å².